The minimum atomic E-state index is -0.746. The zero-order valence-corrected chi connectivity index (χ0v) is 11.2. The Kier molecular flexibility index (Phi) is 3.46. The fourth-order valence-corrected chi connectivity index (χ4v) is 2.33. The third kappa shape index (κ3) is 2.66. The largest absolute Gasteiger partial charge is 0.507 e. The second kappa shape index (κ2) is 5.42. The van der Waals surface area contributed by atoms with E-state index < -0.39 is 6.10 Å². The summed E-state index contributed by atoms with van der Waals surface area (Å²) in [5.41, 5.74) is 0.763. The Labute approximate surface area is 120 Å². The number of aliphatic hydroxyl groups is 1. The highest BCUT2D eigenvalue weighted by Gasteiger charge is 2.13. The molecule has 0 aliphatic rings. The highest BCUT2D eigenvalue weighted by molar-refractivity contribution is 5.82. The van der Waals surface area contributed by atoms with E-state index in [1.165, 1.54) is 12.1 Å². The number of phenols is 1. The third-order valence-electron chi connectivity index (χ3n) is 3.36. The lowest BCUT2D eigenvalue weighted by Crippen LogP contribution is -2.06. The van der Waals surface area contributed by atoms with E-state index in [0.29, 0.717) is 11.3 Å². The summed E-state index contributed by atoms with van der Waals surface area (Å²) in [4.78, 5) is 12.0. The molecule has 1 heterocycles. The van der Waals surface area contributed by atoms with Gasteiger partial charge >= 0.3 is 0 Å². The van der Waals surface area contributed by atoms with Crippen LogP contribution in [0.15, 0.2) is 63.8 Å². The van der Waals surface area contributed by atoms with E-state index in [1.54, 1.807) is 12.1 Å². The van der Waals surface area contributed by atoms with Crippen LogP contribution in [-0.4, -0.2) is 10.2 Å². The standard InChI is InChI=1S/C17H14O4/c18-13-7-4-8-16-17(13)15(20)10-12(21-16)9-14(19)11-5-2-1-3-6-11/h1-8,10,14,18-19H,9H2. The number of benzene rings is 2. The summed E-state index contributed by atoms with van der Waals surface area (Å²) in [6.07, 6.45) is -0.547. The number of aromatic hydroxyl groups is 1. The third-order valence-corrected chi connectivity index (χ3v) is 3.36. The van der Waals surface area contributed by atoms with Crippen molar-refractivity contribution in [3.63, 3.8) is 0 Å². The van der Waals surface area contributed by atoms with Crippen molar-refractivity contribution in [1.82, 2.24) is 0 Å². The van der Waals surface area contributed by atoms with Gasteiger partial charge in [-0.1, -0.05) is 36.4 Å². The van der Waals surface area contributed by atoms with Gasteiger partial charge in [-0.05, 0) is 17.7 Å². The molecule has 0 aliphatic heterocycles. The first-order valence-corrected chi connectivity index (χ1v) is 6.63. The first-order valence-electron chi connectivity index (χ1n) is 6.63. The maximum Gasteiger partial charge on any atom is 0.196 e. The molecular formula is C17H14O4. The van der Waals surface area contributed by atoms with Crippen LogP contribution < -0.4 is 5.43 Å². The lowest BCUT2D eigenvalue weighted by Gasteiger charge is -2.10. The molecule has 0 aliphatic carbocycles. The van der Waals surface area contributed by atoms with E-state index in [1.807, 2.05) is 30.3 Å². The summed E-state index contributed by atoms with van der Waals surface area (Å²) < 4.78 is 5.60. The Hall–Kier alpha value is -2.59. The molecule has 1 atom stereocenters. The number of rotatable bonds is 3. The molecule has 4 nitrogen and oxygen atoms in total. The quantitative estimate of drug-likeness (QED) is 0.775. The zero-order chi connectivity index (χ0) is 14.8. The van der Waals surface area contributed by atoms with Crippen molar-refractivity contribution in [3.8, 4) is 5.75 Å². The molecule has 106 valence electrons. The van der Waals surface area contributed by atoms with E-state index in [2.05, 4.69) is 0 Å². The fourth-order valence-electron chi connectivity index (χ4n) is 2.33. The van der Waals surface area contributed by atoms with E-state index in [4.69, 9.17) is 4.42 Å². The van der Waals surface area contributed by atoms with Gasteiger partial charge in [0.2, 0.25) is 0 Å². The monoisotopic (exact) mass is 282 g/mol. The number of aliphatic hydroxyl groups excluding tert-OH is 1. The topological polar surface area (TPSA) is 70.7 Å². The zero-order valence-electron chi connectivity index (χ0n) is 11.2. The van der Waals surface area contributed by atoms with Crippen LogP contribution in [-0.2, 0) is 6.42 Å². The van der Waals surface area contributed by atoms with Gasteiger partial charge in [-0.25, -0.2) is 0 Å². The average molecular weight is 282 g/mol. The number of hydrogen-bond acceptors (Lipinski definition) is 4. The molecule has 2 N–H and O–H groups in total. The molecule has 0 radical (unpaired) electrons. The molecule has 0 fully saturated rings. The number of fused-ring (bicyclic) bond motifs is 1. The maximum absolute atomic E-state index is 12.0. The molecule has 1 aromatic heterocycles. The lowest BCUT2D eigenvalue weighted by atomic mass is 10.0. The van der Waals surface area contributed by atoms with Gasteiger partial charge in [-0.2, -0.15) is 0 Å². The second-order valence-electron chi connectivity index (χ2n) is 4.86. The maximum atomic E-state index is 12.0. The van der Waals surface area contributed by atoms with Gasteiger partial charge in [0.15, 0.2) is 5.43 Å². The van der Waals surface area contributed by atoms with E-state index in [-0.39, 0.29) is 23.0 Å². The van der Waals surface area contributed by atoms with Gasteiger partial charge in [0.25, 0.3) is 0 Å². The van der Waals surface area contributed by atoms with Gasteiger partial charge in [-0.15, -0.1) is 0 Å². The fraction of sp³-hybridized carbons (Fsp3) is 0.118. The summed E-state index contributed by atoms with van der Waals surface area (Å²) in [7, 11) is 0. The molecule has 3 rings (SSSR count). The second-order valence-corrected chi connectivity index (χ2v) is 4.86. The van der Waals surface area contributed by atoms with Crippen molar-refractivity contribution in [1.29, 1.82) is 0 Å². The summed E-state index contributed by atoms with van der Waals surface area (Å²) in [6, 6.07) is 15.2. The van der Waals surface area contributed by atoms with Crippen LogP contribution in [0.25, 0.3) is 11.0 Å². The van der Waals surface area contributed by atoms with Crippen molar-refractivity contribution in [2.45, 2.75) is 12.5 Å². The van der Waals surface area contributed by atoms with Crippen molar-refractivity contribution in [3.05, 3.63) is 76.1 Å². The van der Waals surface area contributed by atoms with Gasteiger partial charge in [-0.3, -0.25) is 4.79 Å². The van der Waals surface area contributed by atoms with E-state index in [9.17, 15) is 15.0 Å². The first kappa shape index (κ1) is 13.4. The molecular weight excluding hydrogens is 268 g/mol. The van der Waals surface area contributed by atoms with Crippen LogP contribution in [0.4, 0.5) is 0 Å². The minimum Gasteiger partial charge on any atom is -0.507 e. The summed E-state index contributed by atoms with van der Waals surface area (Å²) >= 11 is 0. The van der Waals surface area contributed by atoms with Crippen LogP contribution in [0.3, 0.4) is 0 Å². The van der Waals surface area contributed by atoms with Crippen LogP contribution in [0.5, 0.6) is 5.75 Å². The molecule has 2 aromatic carbocycles. The summed E-state index contributed by atoms with van der Waals surface area (Å²) in [5.74, 6) is 0.283. The van der Waals surface area contributed by atoms with Crippen molar-refractivity contribution >= 4 is 11.0 Å². The Balaban J connectivity index is 1.97. The van der Waals surface area contributed by atoms with Crippen molar-refractivity contribution < 1.29 is 14.6 Å². The molecule has 4 heteroatoms. The molecule has 1 unspecified atom stereocenters. The molecule has 0 bridgehead atoms. The predicted octanol–water partition coefficient (Wildman–Crippen LogP) is 2.77. The predicted molar refractivity (Wildman–Crippen MR) is 79.3 cm³/mol. The smallest absolute Gasteiger partial charge is 0.196 e. The van der Waals surface area contributed by atoms with Crippen molar-refractivity contribution in [2.75, 3.05) is 0 Å². The van der Waals surface area contributed by atoms with Crippen LogP contribution in [0, 0.1) is 0 Å². The molecule has 21 heavy (non-hydrogen) atoms. The minimum absolute atomic E-state index is 0.101. The normalized spacial score (nSPS) is 12.4. The van der Waals surface area contributed by atoms with Crippen LogP contribution >= 0.6 is 0 Å². The van der Waals surface area contributed by atoms with E-state index in [0.717, 1.165) is 5.56 Å². The number of phenolic OH excluding ortho intramolecular Hbond substituents is 1. The van der Waals surface area contributed by atoms with Gasteiger partial charge in [0.05, 0.1) is 6.10 Å². The Bertz CT molecular complexity index is 821. The first-order chi connectivity index (χ1) is 10.1. The molecule has 0 amide bonds. The number of hydrogen-bond donors (Lipinski definition) is 2. The Morgan fingerprint density at radius 3 is 2.57 bits per heavy atom. The van der Waals surface area contributed by atoms with Crippen LogP contribution in [0.1, 0.15) is 17.4 Å². The highest BCUT2D eigenvalue weighted by Crippen LogP contribution is 2.24. The van der Waals surface area contributed by atoms with Gasteiger partial charge in [0.1, 0.15) is 22.5 Å². The average Bonchev–Trinajstić information content (AvgIpc) is 2.48. The van der Waals surface area contributed by atoms with Gasteiger partial charge < -0.3 is 14.6 Å². The van der Waals surface area contributed by atoms with E-state index >= 15 is 0 Å². The highest BCUT2D eigenvalue weighted by atomic mass is 16.3. The Morgan fingerprint density at radius 1 is 1.05 bits per heavy atom. The molecule has 0 saturated heterocycles. The molecule has 0 spiro atoms. The Morgan fingerprint density at radius 2 is 1.81 bits per heavy atom. The van der Waals surface area contributed by atoms with Gasteiger partial charge in [0, 0.05) is 12.5 Å². The summed E-state index contributed by atoms with van der Waals surface area (Å²) in [6.45, 7) is 0. The lowest BCUT2D eigenvalue weighted by molar-refractivity contribution is 0.171. The SMILES string of the molecule is O=c1cc(CC(O)c2ccccc2)oc2cccc(O)c12. The van der Waals surface area contributed by atoms with Crippen LogP contribution in [0.2, 0.25) is 0 Å². The van der Waals surface area contributed by atoms with Crippen molar-refractivity contribution in [2.24, 2.45) is 0 Å². The summed E-state index contributed by atoms with van der Waals surface area (Å²) in [5, 5.41) is 20.0. The molecule has 0 saturated carbocycles. The molecule has 3 aromatic rings.